The van der Waals surface area contributed by atoms with Crippen molar-refractivity contribution in [3.05, 3.63) is 0 Å². The van der Waals surface area contributed by atoms with E-state index in [0.29, 0.717) is 17.3 Å². The van der Waals surface area contributed by atoms with Crippen LogP contribution in [0.25, 0.3) is 0 Å². The summed E-state index contributed by atoms with van der Waals surface area (Å²) >= 11 is 0. The number of nitrogens with two attached hydrogens (primary N) is 1. The second-order valence-electron chi connectivity index (χ2n) is 7.55. The first-order valence-electron chi connectivity index (χ1n) is 7.52. The SMILES string of the molecule is CC(C)(C)C1CCC2(CC1)C(N)=NC(=O)N2C1CC1. The summed E-state index contributed by atoms with van der Waals surface area (Å²) in [5.74, 6) is 1.31. The highest BCUT2D eigenvalue weighted by molar-refractivity contribution is 6.06. The lowest BCUT2D eigenvalue weighted by atomic mass is 9.66. The molecule has 0 aromatic carbocycles. The molecule has 3 aliphatic rings. The van der Waals surface area contributed by atoms with Crippen LogP contribution in [-0.4, -0.2) is 28.3 Å². The molecule has 4 nitrogen and oxygen atoms in total. The van der Waals surface area contributed by atoms with Gasteiger partial charge in [0.25, 0.3) is 0 Å². The fourth-order valence-electron chi connectivity index (χ4n) is 3.86. The van der Waals surface area contributed by atoms with E-state index in [0.717, 1.165) is 44.4 Å². The van der Waals surface area contributed by atoms with E-state index in [2.05, 4.69) is 25.8 Å². The Morgan fingerprint density at radius 1 is 1.21 bits per heavy atom. The van der Waals surface area contributed by atoms with E-state index in [4.69, 9.17) is 5.73 Å². The van der Waals surface area contributed by atoms with Gasteiger partial charge in [0.15, 0.2) is 0 Å². The molecule has 106 valence electrons. The van der Waals surface area contributed by atoms with Crippen LogP contribution in [0.1, 0.15) is 59.3 Å². The van der Waals surface area contributed by atoms with Gasteiger partial charge >= 0.3 is 6.03 Å². The van der Waals surface area contributed by atoms with Gasteiger partial charge in [0.1, 0.15) is 11.4 Å². The van der Waals surface area contributed by atoms with Gasteiger partial charge in [-0.3, -0.25) is 0 Å². The average molecular weight is 263 g/mol. The maximum atomic E-state index is 12.1. The Hall–Kier alpha value is -1.06. The van der Waals surface area contributed by atoms with Gasteiger partial charge in [0.2, 0.25) is 0 Å². The largest absolute Gasteiger partial charge is 0.385 e. The molecule has 0 aromatic rings. The third kappa shape index (κ3) is 1.96. The molecule has 19 heavy (non-hydrogen) atoms. The van der Waals surface area contributed by atoms with E-state index in [1.165, 1.54) is 0 Å². The van der Waals surface area contributed by atoms with Crippen LogP contribution in [0, 0.1) is 11.3 Å². The van der Waals surface area contributed by atoms with E-state index in [-0.39, 0.29) is 11.6 Å². The summed E-state index contributed by atoms with van der Waals surface area (Å²) in [5, 5.41) is 0. The maximum Gasteiger partial charge on any atom is 0.346 e. The zero-order valence-corrected chi connectivity index (χ0v) is 12.3. The highest BCUT2D eigenvalue weighted by atomic mass is 16.2. The number of amidine groups is 1. The highest BCUT2D eigenvalue weighted by Crippen LogP contribution is 2.48. The molecule has 3 rings (SSSR count). The van der Waals surface area contributed by atoms with Crippen molar-refractivity contribution in [3.8, 4) is 0 Å². The van der Waals surface area contributed by atoms with E-state index >= 15 is 0 Å². The molecule has 0 radical (unpaired) electrons. The van der Waals surface area contributed by atoms with E-state index in [1.54, 1.807) is 0 Å². The molecule has 2 amide bonds. The quantitative estimate of drug-likeness (QED) is 0.790. The number of rotatable bonds is 1. The van der Waals surface area contributed by atoms with Crippen molar-refractivity contribution in [1.29, 1.82) is 0 Å². The summed E-state index contributed by atoms with van der Waals surface area (Å²) in [7, 11) is 0. The van der Waals surface area contributed by atoms with Crippen molar-refractivity contribution in [2.75, 3.05) is 0 Å². The second kappa shape index (κ2) is 3.97. The molecule has 2 saturated carbocycles. The zero-order valence-electron chi connectivity index (χ0n) is 12.3. The van der Waals surface area contributed by atoms with Crippen molar-refractivity contribution in [2.45, 2.75) is 70.9 Å². The van der Waals surface area contributed by atoms with Gasteiger partial charge < -0.3 is 10.6 Å². The van der Waals surface area contributed by atoms with Gasteiger partial charge in [0.05, 0.1) is 0 Å². The van der Waals surface area contributed by atoms with E-state index < -0.39 is 0 Å². The number of nitrogens with zero attached hydrogens (tertiary/aromatic N) is 2. The number of amides is 2. The molecule has 0 unspecified atom stereocenters. The van der Waals surface area contributed by atoms with Gasteiger partial charge in [-0.05, 0) is 49.9 Å². The summed E-state index contributed by atoms with van der Waals surface area (Å²) in [5.41, 5.74) is 6.24. The minimum absolute atomic E-state index is 0.0887. The number of urea groups is 1. The number of carbonyl (C=O) groups is 1. The lowest BCUT2D eigenvalue weighted by Crippen LogP contribution is -2.57. The number of hydrogen-bond donors (Lipinski definition) is 1. The van der Waals surface area contributed by atoms with Crippen molar-refractivity contribution >= 4 is 11.9 Å². The summed E-state index contributed by atoms with van der Waals surface area (Å²) in [6.45, 7) is 6.93. The Labute approximate surface area is 115 Å². The fourth-order valence-corrected chi connectivity index (χ4v) is 3.86. The standard InChI is InChI=1S/C15H25N3O/c1-14(2,3)10-6-8-15(9-7-10)12(16)17-13(19)18(15)11-4-5-11/h10-11H,4-9H2,1-3H3,(H2,16,17,19). The Kier molecular flexibility index (Phi) is 2.70. The van der Waals surface area contributed by atoms with Gasteiger partial charge in [-0.15, -0.1) is 0 Å². The lowest BCUT2D eigenvalue weighted by Gasteiger charge is -2.46. The molecule has 1 heterocycles. The predicted molar refractivity (Wildman–Crippen MR) is 76.0 cm³/mol. The lowest BCUT2D eigenvalue weighted by molar-refractivity contribution is 0.0855. The fraction of sp³-hybridized carbons (Fsp3) is 0.867. The normalized spacial score (nSPS) is 35.9. The van der Waals surface area contributed by atoms with Crippen molar-refractivity contribution in [2.24, 2.45) is 22.1 Å². The molecule has 2 N–H and O–H groups in total. The summed E-state index contributed by atoms with van der Waals surface area (Å²) in [6.07, 6.45) is 6.53. The van der Waals surface area contributed by atoms with Crippen LogP contribution in [0.2, 0.25) is 0 Å². The number of aliphatic imine (C=N–C) groups is 1. The maximum absolute atomic E-state index is 12.1. The topological polar surface area (TPSA) is 58.7 Å². The van der Waals surface area contributed by atoms with Gasteiger partial charge in [0, 0.05) is 6.04 Å². The molecule has 0 bridgehead atoms. The monoisotopic (exact) mass is 263 g/mol. The smallest absolute Gasteiger partial charge is 0.346 e. The molecule has 2 aliphatic carbocycles. The molecule has 2 fully saturated rings. The summed E-state index contributed by atoms with van der Waals surface area (Å²) in [6, 6.07) is 0.317. The molecule has 1 spiro atoms. The van der Waals surface area contributed by atoms with Crippen LogP contribution in [-0.2, 0) is 0 Å². The van der Waals surface area contributed by atoms with Gasteiger partial charge in [-0.25, -0.2) is 4.79 Å². The summed E-state index contributed by atoms with van der Waals surface area (Å²) in [4.78, 5) is 18.2. The molecule has 1 aliphatic heterocycles. The average Bonchev–Trinajstić information content (AvgIpc) is 3.09. The molecule has 0 saturated heterocycles. The van der Waals surface area contributed by atoms with Crippen LogP contribution in [0.5, 0.6) is 0 Å². The third-order valence-corrected chi connectivity index (χ3v) is 5.31. The molecule has 4 heteroatoms. The summed E-state index contributed by atoms with van der Waals surface area (Å²) < 4.78 is 0. The predicted octanol–water partition coefficient (Wildman–Crippen LogP) is 2.92. The third-order valence-electron chi connectivity index (χ3n) is 5.31. The van der Waals surface area contributed by atoms with E-state index in [9.17, 15) is 4.79 Å². The van der Waals surface area contributed by atoms with Crippen molar-refractivity contribution in [1.82, 2.24) is 4.90 Å². The Morgan fingerprint density at radius 2 is 1.79 bits per heavy atom. The first-order chi connectivity index (χ1) is 8.84. The minimum atomic E-state index is -0.236. The highest BCUT2D eigenvalue weighted by Gasteiger charge is 2.55. The van der Waals surface area contributed by atoms with Gasteiger partial charge in [-0.2, -0.15) is 4.99 Å². The Balaban J connectivity index is 1.80. The van der Waals surface area contributed by atoms with E-state index in [1.807, 2.05) is 4.90 Å². The molecule has 0 atom stereocenters. The Bertz CT molecular complexity index is 423. The first-order valence-corrected chi connectivity index (χ1v) is 7.52. The molecular weight excluding hydrogens is 238 g/mol. The zero-order chi connectivity index (χ0) is 13.8. The number of carbonyl (C=O) groups excluding carboxylic acids is 1. The van der Waals surface area contributed by atoms with Crippen LogP contribution >= 0.6 is 0 Å². The second-order valence-corrected chi connectivity index (χ2v) is 7.55. The first kappa shape index (κ1) is 12.9. The minimum Gasteiger partial charge on any atom is -0.385 e. The molecule has 0 aromatic heterocycles. The van der Waals surface area contributed by atoms with Crippen LogP contribution in [0.4, 0.5) is 4.79 Å². The van der Waals surface area contributed by atoms with Crippen LogP contribution in [0.15, 0.2) is 4.99 Å². The van der Waals surface area contributed by atoms with Gasteiger partial charge in [-0.1, -0.05) is 20.8 Å². The Morgan fingerprint density at radius 3 is 2.26 bits per heavy atom. The molecular formula is C15H25N3O. The van der Waals surface area contributed by atoms with Crippen molar-refractivity contribution in [3.63, 3.8) is 0 Å². The van der Waals surface area contributed by atoms with Crippen LogP contribution < -0.4 is 5.73 Å². The van der Waals surface area contributed by atoms with Crippen molar-refractivity contribution < 1.29 is 4.79 Å². The number of hydrogen-bond acceptors (Lipinski definition) is 2. The van der Waals surface area contributed by atoms with Crippen LogP contribution in [0.3, 0.4) is 0 Å².